The molecule has 0 amide bonds. The molecule has 1 fully saturated rings. The lowest BCUT2D eigenvalue weighted by Gasteiger charge is -2.13. The summed E-state index contributed by atoms with van der Waals surface area (Å²) in [6.07, 6.45) is -1.18. The van der Waals surface area contributed by atoms with Crippen molar-refractivity contribution < 1.29 is 13.5 Å². The third kappa shape index (κ3) is 2.71. The number of methoxy groups -OCH3 is 1. The van der Waals surface area contributed by atoms with E-state index in [2.05, 4.69) is 0 Å². The molecule has 11 heavy (non-hydrogen) atoms. The Morgan fingerprint density at radius 3 is 2.82 bits per heavy atom. The standard InChI is InChI=1S/C7H13F2NO/c1-11-6-2-3-10(4-6)5-7(8)9/h6-7H,2-5H2,1H3/t6-/m1/s1. The Kier molecular flexibility index (Phi) is 3.20. The van der Waals surface area contributed by atoms with Crippen LogP contribution in [0.1, 0.15) is 6.42 Å². The van der Waals surface area contributed by atoms with Gasteiger partial charge in [-0.2, -0.15) is 0 Å². The van der Waals surface area contributed by atoms with Crippen molar-refractivity contribution in [2.24, 2.45) is 0 Å². The predicted molar refractivity (Wildman–Crippen MR) is 37.9 cm³/mol. The van der Waals surface area contributed by atoms with E-state index in [1.54, 1.807) is 12.0 Å². The van der Waals surface area contributed by atoms with Gasteiger partial charge in [0, 0.05) is 20.2 Å². The Balaban J connectivity index is 2.19. The molecule has 0 radical (unpaired) electrons. The highest BCUT2D eigenvalue weighted by Gasteiger charge is 2.23. The first-order valence-electron chi connectivity index (χ1n) is 3.75. The van der Waals surface area contributed by atoms with Crippen molar-refractivity contribution in [1.29, 1.82) is 0 Å². The van der Waals surface area contributed by atoms with Gasteiger partial charge in [-0.25, -0.2) is 8.78 Å². The Morgan fingerprint density at radius 1 is 1.64 bits per heavy atom. The molecule has 0 spiro atoms. The highest BCUT2D eigenvalue weighted by molar-refractivity contribution is 4.75. The molecule has 66 valence electrons. The number of rotatable bonds is 3. The van der Waals surface area contributed by atoms with Crippen molar-refractivity contribution >= 4 is 0 Å². The van der Waals surface area contributed by atoms with Gasteiger partial charge in [0.05, 0.1) is 12.6 Å². The van der Waals surface area contributed by atoms with Gasteiger partial charge in [-0.05, 0) is 6.42 Å². The topological polar surface area (TPSA) is 12.5 Å². The fourth-order valence-electron chi connectivity index (χ4n) is 1.35. The number of hydrogen-bond acceptors (Lipinski definition) is 2. The second kappa shape index (κ2) is 3.97. The molecule has 1 rings (SSSR count). The molecule has 1 aliphatic heterocycles. The third-order valence-corrected chi connectivity index (χ3v) is 1.96. The van der Waals surface area contributed by atoms with Crippen LogP contribution in [-0.2, 0) is 4.74 Å². The van der Waals surface area contributed by atoms with Crippen LogP contribution in [-0.4, -0.2) is 44.2 Å². The van der Waals surface area contributed by atoms with E-state index in [9.17, 15) is 8.78 Å². The molecule has 0 aliphatic carbocycles. The van der Waals surface area contributed by atoms with Crippen molar-refractivity contribution in [2.45, 2.75) is 19.0 Å². The predicted octanol–water partition coefficient (Wildman–Crippen LogP) is 0.972. The molecule has 0 aromatic rings. The number of ether oxygens (including phenoxy) is 1. The molecule has 1 atom stereocenters. The van der Waals surface area contributed by atoms with Gasteiger partial charge in [-0.3, -0.25) is 4.90 Å². The van der Waals surface area contributed by atoms with Crippen LogP contribution >= 0.6 is 0 Å². The van der Waals surface area contributed by atoms with Crippen LogP contribution in [0.4, 0.5) is 8.78 Å². The summed E-state index contributed by atoms with van der Waals surface area (Å²) in [6.45, 7) is 1.28. The monoisotopic (exact) mass is 165 g/mol. The highest BCUT2D eigenvalue weighted by atomic mass is 19.3. The zero-order chi connectivity index (χ0) is 8.27. The first kappa shape index (κ1) is 8.87. The quantitative estimate of drug-likeness (QED) is 0.618. The molecular formula is C7H13F2NO. The lowest BCUT2D eigenvalue weighted by atomic mass is 10.3. The zero-order valence-corrected chi connectivity index (χ0v) is 6.59. The summed E-state index contributed by atoms with van der Waals surface area (Å²) in [7, 11) is 1.62. The number of likely N-dealkylation sites (tertiary alicyclic amines) is 1. The van der Waals surface area contributed by atoms with E-state index in [0.717, 1.165) is 13.0 Å². The Hall–Kier alpha value is -0.220. The molecule has 0 N–H and O–H groups in total. The van der Waals surface area contributed by atoms with Crippen molar-refractivity contribution in [3.8, 4) is 0 Å². The van der Waals surface area contributed by atoms with Gasteiger partial charge in [0.2, 0.25) is 0 Å². The van der Waals surface area contributed by atoms with E-state index in [0.29, 0.717) is 6.54 Å². The molecule has 1 aliphatic rings. The molecule has 0 bridgehead atoms. The van der Waals surface area contributed by atoms with Crippen LogP contribution in [0.25, 0.3) is 0 Å². The second-order valence-corrected chi connectivity index (χ2v) is 2.80. The van der Waals surface area contributed by atoms with Gasteiger partial charge >= 0.3 is 0 Å². The molecule has 2 nitrogen and oxygen atoms in total. The van der Waals surface area contributed by atoms with Gasteiger partial charge in [-0.15, -0.1) is 0 Å². The molecule has 1 saturated heterocycles. The number of halogens is 2. The fraction of sp³-hybridized carbons (Fsp3) is 1.00. The Bertz CT molecular complexity index is 121. The van der Waals surface area contributed by atoms with Gasteiger partial charge < -0.3 is 4.74 Å². The van der Waals surface area contributed by atoms with E-state index in [4.69, 9.17) is 4.74 Å². The van der Waals surface area contributed by atoms with Gasteiger partial charge in [0.1, 0.15) is 0 Å². The smallest absolute Gasteiger partial charge is 0.251 e. The van der Waals surface area contributed by atoms with Crippen LogP contribution in [0.15, 0.2) is 0 Å². The van der Waals surface area contributed by atoms with Gasteiger partial charge in [0.25, 0.3) is 6.43 Å². The van der Waals surface area contributed by atoms with Crippen LogP contribution in [0.3, 0.4) is 0 Å². The average molecular weight is 165 g/mol. The first-order valence-corrected chi connectivity index (χ1v) is 3.75. The van der Waals surface area contributed by atoms with Crippen molar-refractivity contribution in [3.63, 3.8) is 0 Å². The molecule has 0 aromatic heterocycles. The Labute approximate surface area is 65.1 Å². The normalized spacial score (nSPS) is 26.7. The second-order valence-electron chi connectivity index (χ2n) is 2.80. The Morgan fingerprint density at radius 2 is 2.36 bits per heavy atom. The molecular weight excluding hydrogens is 152 g/mol. The number of alkyl halides is 2. The maximum absolute atomic E-state index is 11.8. The first-order chi connectivity index (χ1) is 5.22. The van der Waals surface area contributed by atoms with Crippen molar-refractivity contribution in [1.82, 2.24) is 4.90 Å². The summed E-state index contributed by atoms with van der Waals surface area (Å²) in [6, 6.07) is 0. The van der Waals surface area contributed by atoms with E-state index in [1.807, 2.05) is 0 Å². The molecule has 0 unspecified atom stereocenters. The molecule has 1 heterocycles. The minimum atomic E-state index is -2.22. The summed E-state index contributed by atoms with van der Waals surface area (Å²) in [5.74, 6) is 0. The number of hydrogen-bond donors (Lipinski definition) is 0. The summed E-state index contributed by atoms with van der Waals surface area (Å²) in [5.41, 5.74) is 0. The lowest BCUT2D eigenvalue weighted by Crippen LogP contribution is -2.27. The highest BCUT2D eigenvalue weighted by Crippen LogP contribution is 2.12. The fourth-order valence-corrected chi connectivity index (χ4v) is 1.35. The summed E-state index contributed by atoms with van der Waals surface area (Å²) in [4.78, 5) is 1.73. The minimum absolute atomic E-state index is 0.111. The molecule has 0 aromatic carbocycles. The van der Waals surface area contributed by atoms with E-state index >= 15 is 0 Å². The van der Waals surface area contributed by atoms with E-state index in [-0.39, 0.29) is 12.6 Å². The van der Waals surface area contributed by atoms with Crippen molar-refractivity contribution in [2.75, 3.05) is 26.7 Å². The third-order valence-electron chi connectivity index (χ3n) is 1.96. The van der Waals surface area contributed by atoms with Crippen LogP contribution < -0.4 is 0 Å². The maximum atomic E-state index is 11.8. The lowest BCUT2D eigenvalue weighted by molar-refractivity contribution is 0.0774. The summed E-state index contributed by atoms with van der Waals surface area (Å²) >= 11 is 0. The number of nitrogens with zero attached hydrogens (tertiary/aromatic N) is 1. The van der Waals surface area contributed by atoms with E-state index < -0.39 is 6.43 Å². The average Bonchev–Trinajstić information content (AvgIpc) is 2.34. The van der Waals surface area contributed by atoms with Crippen molar-refractivity contribution in [3.05, 3.63) is 0 Å². The molecule has 4 heteroatoms. The van der Waals surface area contributed by atoms with Crippen LogP contribution in [0.5, 0.6) is 0 Å². The van der Waals surface area contributed by atoms with E-state index in [1.165, 1.54) is 0 Å². The zero-order valence-electron chi connectivity index (χ0n) is 6.59. The largest absolute Gasteiger partial charge is 0.380 e. The minimum Gasteiger partial charge on any atom is -0.380 e. The van der Waals surface area contributed by atoms with Gasteiger partial charge in [0.15, 0.2) is 0 Å². The van der Waals surface area contributed by atoms with Crippen LogP contribution in [0, 0.1) is 0 Å². The van der Waals surface area contributed by atoms with Crippen LogP contribution in [0.2, 0.25) is 0 Å². The maximum Gasteiger partial charge on any atom is 0.251 e. The van der Waals surface area contributed by atoms with Gasteiger partial charge in [-0.1, -0.05) is 0 Å². The molecule has 0 saturated carbocycles. The SMILES string of the molecule is CO[C@@H]1CCN(CC(F)F)C1. The summed E-state index contributed by atoms with van der Waals surface area (Å²) in [5, 5.41) is 0. The summed E-state index contributed by atoms with van der Waals surface area (Å²) < 4.78 is 28.7.